The Labute approximate surface area is 127 Å². The van der Waals surface area contributed by atoms with Crippen LogP contribution in [0.5, 0.6) is 0 Å². The summed E-state index contributed by atoms with van der Waals surface area (Å²) in [6.07, 6.45) is 6.99. The summed E-state index contributed by atoms with van der Waals surface area (Å²) in [6, 6.07) is 2.10. The van der Waals surface area contributed by atoms with E-state index in [0.29, 0.717) is 0 Å². The summed E-state index contributed by atoms with van der Waals surface area (Å²) >= 11 is 0. The van der Waals surface area contributed by atoms with Crippen molar-refractivity contribution in [3.05, 3.63) is 24.0 Å². The van der Waals surface area contributed by atoms with Crippen molar-refractivity contribution in [2.75, 3.05) is 6.54 Å². The molecule has 0 aliphatic heterocycles. The summed E-state index contributed by atoms with van der Waals surface area (Å²) in [5.74, 6) is 0. The molecule has 2 N–H and O–H groups in total. The Morgan fingerprint density at radius 3 is 2.62 bits per heavy atom. The molecule has 5 nitrogen and oxygen atoms in total. The van der Waals surface area contributed by atoms with E-state index in [0.717, 1.165) is 32.4 Å². The van der Waals surface area contributed by atoms with Gasteiger partial charge in [-0.2, -0.15) is 0 Å². The Balaban J connectivity index is 1.80. The Morgan fingerprint density at radius 2 is 2.14 bits per heavy atom. The first-order valence-electron chi connectivity index (χ1n) is 7.61. The molecule has 1 heterocycles. The zero-order valence-corrected chi connectivity index (χ0v) is 13.5. The van der Waals surface area contributed by atoms with Gasteiger partial charge >= 0.3 is 6.09 Å². The van der Waals surface area contributed by atoms with Crippen molar-refractivity contribution in [3.63, 3.8) is 0 Å². The van der Waals surface area contributed by atoms with Gasteiger partial charge in [-0.25, -0.2) is 4.79 Å². The molecule has 5 heteroatoms. The van der Waals surface area contributed by atoms with Crippen molar-refractivity contribution in [1.29, 1.82) is 0 Å². The second-order valence-corrected chi connectivity index (χ2v) is 7.05. The lowest BCUT2D eigenvalue weighted by Crippen LogP contribution is -2.59. The standard InChI is InChI=1S/C16H27N3O2/c1-15(2,3)21-14(20)18-16(7-5-8-16)12-17-10-13-6-9-19(4)11-13/h6,9,11,17H,5,7-8,10,12H2,1-4H3,(H,18,20). The zero-order valence-electron chi connectivity index (χ0n) is 13.5. The van der Waals surface area contributed by atoms with Crippen molar-refractivity contribution in [3.8, 4) is 0 Å². The third-order valence-electron chi connectivity index (χ3n) is 3.76. The van der Waals surface area contributed by atoms with Gasteiger partial charge < -0.3 is 19.9 Å². The number of carbonyl (C=O) groups excluding carboxylic acids is 1. The van der Waals surface area contributed by atoms with Crippen LogP contribution in [0.4, 0.5) is 4.79 Å². The van der Waals surface area contributed by atoms with Crippen LogP contribution < -0.4 is 10.6 Å². The van der Waals surface area contributed by atoms with Gasteiger partial charge in [-0.15, -0.1) is 0 Å². The number of nitrogens with one attached hydrogen (secondary N) is 2. The summed E-state index contributed by atoms with van der Waals surface area (Å²) in [4.78, 5) is 11.9. The number of aryl methyl sites for hydroxylation is 1. The van der Waals surface area contributed by atoms with Gasteiger partial charge in [0.2, 0.25) is 0 Å². The molecule has 0 saturated heterocycles. The smallest absolute Gasteiger partial charge is 0.408 e. The number of hydrogen-bond acceptors (Lipinski definition) is 3. The van der Waals surface area contributed by atoms with E-state index in [1.54, 1.807) is 0 Å². The molecule has 0 bridgehead atoms. The molecule has 1 amide bonds. The summed E-state index contributed by atoms with van der Waals surface area (Å²) in [6.45, 7) is 7.24. The van der Waals surface area contributed by atoms with E-state index in [9.17, 15) is 4.79 Å². The molecule has 0 aromatic carbocycles. The van der Waals surface area contributed by atoms with E-state index in [1.807, 2.05) is 38.6 Å². The van der Waals surface area contributed by atoms with E-state index in [2.05, 4.69) is 22.9 Å². The van der Waals surface area contributed by atoms with Gasteiger partial charge in [-0.3, -0.25) is 0 Å². The fourth-order valence-electron chi connectivity index (χ4n) is 2.58. The van der Waals surface area contributed by atoms with Crippen LogP contribution in [0.3, 0.4) is 0 Å². The molecule has 2 rings (SSSR count). The molecular weight excluding hydrogens is 266 g/mol. The van der Waals surface area contributed by atoms with Crippen LogP contribution in [0.15, 0.2) is 18.5 Å². The molecule has 1 aromatic rings. The van der Waals surface area contributed by atoms with Crippen molar-refractivity contribution in [1.82, 2.24) is 15.2 Å². The van der Waals surface area contributed by atoms with Crippen molar-refractivity contribution in [2.24, 2.45) is 7.05 Å². The topological polar surface area (TPSA) is 55.3 Å². The van der Waals surface area contributed by atoms with Crippen molar-refractivity contribution < 1.29 is 9.53 Å². The molecule has 0 radical (unpaired) electrons. The molecule has 0 atom stereocenters. The zero-order chi connectivity index (χ0) is 15.5. The Kier molecular flexibility index (Phi) is 4.61. The molecular formula is C16H27N3O2. The maximum absolute atomic E-state index is 11.9. The number of ether oxygens (including phenoxy) is 1. The number of aromatic nitrogens is 1. The monoisotopic (exact) mass is 293 g/mol. The third-order valence-corrected chi connectivity index (χ3v) is 3.76. The maximum Gasteiger partial charge on any atom is 0.408 e. The lowest BCUT2D eigenvalue weighted by Gasteiger charge is -2.42. The average molecular weight is 293 g/mol. The van der Waals surface area contributed by atoms with Crippen LogP contribution in [0.25, 0.3) is 0 Å². The first-order chi connectivity index (χ1) is 9.78. The van der Waals surface area contributed by atoms with Crippen LogP contribution >= 0.6 is 0 Å². The summed E-state index contributed by atoms with van der Waals surface area (Å²) in [7, 11) is 2.01. The maximum atomic E-state index is 11.9. The van der Waals surface area contributed by atoms with Gasteiger partial charge in [-0.05, 0) is 51.7 Å². The highest BCUT2D eigenvalue weighted by Gasteiger charge is 2.39. The van der Waals surface area contributed by atoms with E-state index >= 15 is 0 Å². The molecule has 1 aliphatic rings. The first-order valence-corrected chi connectivity index (χ1v) is 7.61. The van der Waals surface area contributed by atoms with Crippen LogP contribution in [-0.2, 0) is 18.3 Å². The second-order valence-electron chi connectivity index (χ2n) is 7.05. The first kappa shape index (κ1) is 15.9. The summed E-state index contributed by atoms with van der Waals surface area (Å²) in [5, 5.41) is 6.49. The number of nitrogens with zero attached hydrogens (tertiary/aromatic N) is 1. The van der Waals surface area contributed by atoms with Gasteiger partial charge in [0.25, 0.3) is 0 Å². The van der Waals surface area contributed by atoms with Crippen LogP contribution in [0.1, 0.15) is 45.6 Å². The minimum absolute atomic E-state index is 0.142. The predicted octanol–water partition coefficient (Wildman–Crippen LogP) is 2.56. The third kappa shape index (κ3) is 4.77. The van der Waals surface area contributed by atoms with Crippen molar-refractivity contribution in [2.45, 2.75) is 57.7 Å². The highest BCUT2D eigenvalue weighted by atomic mass is 16.6. The SMILES string of the molecule is Cn1ccc(CNCC2(NC(=O)OC(C)(C)C)CCC2)c1. The number of alkyl carbamates (subject to hydrolysis) is 1. The second kappa shape index (κ2) is 6.10. The van der Waals surface area contributed by atoms with E-state index in [1.165, 1.54) is 5.56 Å². The van der Waals surface area contributed by atoms with E-state index in [4.69, 9.17) is 4.74 Å². The number of amides is 1. The molecule has 21 heavy (non-hydrogen) atoms. The highest BCUT2D eigenvalue weighted by molar-refractivity contribution is 5.69. The Bertz CT molecular complexity index is 484. The van der Waals surface area contributed by atoms with Crippen LogP contribution in [0, 0.1) is 0 Å². The molecule has 1 aromatic heterocycles. The molecule has 1 saturated carbocycles. The van der Waals surface area contributed by atoms with Crippen molar-refractivity contribution >= 4 is 6.09 Å². The number of hydrogen-bond donors (Lipinski definition) is 2. The normalized spacial score (nSPS) is 17.1. The van der Waals surface area contributed by atoms with Crippen LogP contribution in [-0.4, -0.2) is 28.3 Å². The largest absolute Gasteiger partial charge is 0.444 e. The summed E-state index contributed by atoms with van der Waals surface area (Å²) in [5.41, 5.74) is 0.660. The molecule has 1 fully saturated rings. The van der Waals surface area contributed by atoms with Gasteiger partial charge in [0.1, 0.15) is 5.60 Å². The van der Waals surface area contributed by atoms with E-state index < -0.39 is 5.60 Å². The average Bonchev–Trinajstić information content (AvgIpc) is 2.69. The highest BCUT2D eigenvalue weighted by Crippen LogP contribution is 2.31. The Hall–Kier alpha value is -1.49. The lowest BCUT2D eigenvalue weighted by atomic mass is 9.76. The van der Waals surface area contributed by atoms with Gasteiger partial charge in [0.05, 0.1) is 5.54 Å². The van der Waals surface area contributed by atoms with Gasteiger partial charge in [0, 0.05) is 32.5 Å². The fraction of sp³-hybridized carbons (Fsp3) is 0.688. The predicted molar refractivity (Wildman–Crippen MR) is 83.1 cm³/mol. The summed E-state index contributed by atoms with van der Waals surface area (Å²) < 4.78 is 7.39. The Morgan fingerprint density at radius 1 is 1.43 bits per heavy atom. The van der Waals surface area contributed by atoms with Gasteiger partial charge in [0.15, 0.2) is 0 Å². The minimum Gasteiger partial charge on any atom is -0.444 e. The molecule has 1 aliphatic carbocycles. The number of rotatable bonds is 5. The lowest BCUT2D eigenvalue weighted by molar-refractivity contribution is 0.0382. The molecule has 0 spiro atoms. The quantitative estimate of drug-likeness (QED) is 0.877. The molecule has 0 unspecified atom stereocenters. The minimum atomic E-state index is -0.452. The molecule has 118 valence electrons. The fourth-order valence-corrected chi connectivity index (χ4v) is 2.58. The van der Waals surface area contributed by atoms with Gasteiger partial charge in [-0.1, -0.05) is 0 Å². The number of carbonyl (C=O) groups is 1. The van der Waals surface area contributed by atoms with Crippen LogP contribution in [0.2, 0.25) is 0 Å². The van der Waals surface area contributed by atoms with E-state index in [-0.39, 0.29) is 11.6 Å².